The third-order valence-electron chi connectivity index (χ3n) is 8.88. The number of benzene rings is 3. The second-order valence-electron chi connectivity index (χ2n) is 13.9. The third-order valence-corrected chi connectivity index (χ3v) is 8.88. The average Bonchev–Trinajstić information content (AvgIpc) is 3.45. The van der Waals surface area contributed by atoms with Crippen molar-refractivity contribution in [2.75, 3.05) is 18.4 Å². The molecule has 0 saturated heterocycles. The molecule has 5 aromatic rings. The molecule has 1 amide bonds. The van der Waals surface area contributed by atoms with E-state index in [1.807, 2.05) is 105 Å². The lowest BCUT2D eigenvalue weighted by molar-refractivity contribution is 0.0513. The molecule has 0 bridgehead atoms. The summed E-state index contributed by atoms with van der Waals surface area (Å²) in [7, 11) is 1.98. The highest BCUT2D eigenvalue weighted by Gasteiger charge is 2.24. The van der Waals surface area contributed by atoms with Gasteiger partial charge in [0.2, 0.25) is 11.8 Å². The number of para-hydroxylation sites is 1. The van der Waals surface area contributed by atoms with E-state index < -0.39 is 5.60 Å². The smallest absolute Gasteiger partial charge is 0.407 e. The summed E-state index contributed by atoms with van der Waals surface area (Å²) >= 11 is 0. The highest BCUT2D eigenvalue weighted by atomic mass is 16.6. The Balaban J connectivity index is 1.15. The average molecular weight is 662 g/mol. The maximum atomic E-state index is 12.1. The summed E-state index contributed by atoms with van der Waals surface area (Å²) in [5, 5.41) is 12.7. The minimum absolute atomic E-state index is 0.335. The first-order chi connectivity index (χ1) is 23.7. The van der Waals surface area contributed by atoms with E-state index in [0.29, 0.717) is 43.4 Å². The van der Waals surface area contributed by atoms with Crippen LogP contribution in [0.5, 0.6) is 11.8 Å². The Morgan fingerprint density at radius 2 is 1.43 bits per heavy atom. The number of nitrogens with zero attached hydrogens (tertiary/aromatic N) is 3. The summed E-state index contributed by atoms with van der Waals surface area (Å²) in [6.45, 7) is 7.99. The summed E-state index contributed by atoms with van der Waals surface area (Å²) in [6.07, 6.45) is 4.08. The van der Waals surface area contributed by atoms with Crippen LogP contribution in [0.25, 0.3) is 22.2 Å². The first-order valence-corrected chi connectivity index (χ1v) is 17.2. The quantitative estimate of drug-likeness (QED) is 0.138. The predicted molar refractivity (Wildman–Crippen MR) is 194 cm³/mol. The second-order valence-corrected chi connectivity index (χ2v) is 13.9. The van der Waals surface area contributed by atoms with Gasteiger partial charge in [-0.2, -0.15) is 10.1 Å². The van der Waals surface area contributed by atoms with Gasteiger partial charge in [-0.25, -0.2) is 4.79 Å². The predicted octanol–water partition coefficient (Wildman–Crippen LogP) is 8.54. The Morgan fingerprint density at radius 1 is 0.796 bits per heavy atom. The van der Waals surface area contributed by atoms with E-state index in [4.69, 9.17) is 24.3 Å². The molecule has 1 aliphatic rings. The zero-order chi connectivity index (χ0) is 34.2. The Labute approximate surface area is 289 Å². The van der Waals surface area contributed by atoms with Crippen molar-refractivity contribution in [3.63, 3.8) is 0 Å². The number of aromatic nitrogens is 3. The van der Waals surface area contributed by atoms with Crippen LogP contribution in [-0.4, -0.2) is 39.5 Å². The van der Waals surface area contributed by atoms with Crippen molar-refractivity contribution in [3.8, 4) is 23.0 Å². The van der Waals surface area contributed by atoms with Crippen LogP contribution in [-0.2, 0) is 25.0 Å². The van der Waals surface area contributed by atoms with Crippen LogP contribution in [0.4, 0.5) is 10.5 Å². The molecule has 1 saturated carbocycles. The van der Waals surface area contributed by atoms with E-state index >= 15 is 0 Å². The van der Waals surface area contributed by atoms with Gasteiger partial charge in [0.05, 0.1) is 16.8 Å². The highest BCUT2D eigenvalue weighted by Crippen LogP contribution is 2.38. The molecule has 49 heavy (non-hydrogen) atoms. The van der Waals surface area contributed by atoms with Crippen molar-refractivity contribution in [2.24, 2.45) is 18.9 Å². The topological polar surface area (TPSA) is 99.5 Å². The number of carbonyl (C=O) groups excluding carboxylic acids is 1. The molecular weight excluding hydrogens is 614 g/mol. The maximum Gasteiger partial charge on any atom is 0.407 e. The van der Waals surface area contributed by atoms with Gasteiger partial charge in [-0.15, -0.1) is 0 Å². The Hall–Kier alpha value is -5.05. The maximum absolute atomic E-state index is 12.1. The number of nitrogens with one attached hydrogen (secondary N) is 2. The molecule has 0 unspecified atom stereocenters. The lowest BCUT2D eigenvalue weighted by Crippen LogP contribution is -2.36. The van der Waals surface area contributed by atoms with Crippen molar-refractivity contribution in [3.05, 3.63) is 102 Å². The molecule has 9 nitrogen and oxygen atoms in total. The van der Waals surface area contributed by atoms with Gasteiger partial charge in [0.25, 0.3) is 0 Å². The number of aryl methyl sites for hydroxylation is 1. The number of anilines is 1. The summed E-state index contributed by atoms with van der Waals surface area (Å²) in [4.78, 5) is 16.9. The molecule has 0 aliphatic heterocycles. The number of fused-ring (bicyclic) bond motifs is 1. The van der Waals surface area contributed by atoms with Gasteiger partial charge >= 0.3 is 6.09 Å². The fraction of sp³-hybridized carbons (Fsp3) is 0.375. The van der Waals surface area contributed by atoms with Crippen LogP contribution in [0.3, 0.4) is 0 Å². The normalized spacial score (nSPS) is 16.2. The van der Waals surface area contributed by atoms with E-state index in [-0.39, 0.29) is 6.09 Å². The standard InChI is InChI=1S/C40H47N5O4/c1-40(2,3)49-39(46)42-25-29-20-18-28(19-21-29)24-41-34-17-11-16-32-36(44-45(4)37(32)34)33-22-23-35(47-26-30-12-7-5-8-13-30)43-38(33)48-27-31-14-9-6-10-15-31/h5-17,22-23,28-29,41H,18-21,24-27H2,1-4H3,(H,42,46). The number of rotatable bonds is 12. The molecular formula is C40H47N5O4. The Morgan fingerprint density at radius 3 is 2.08 bits per heavy atom. The van der Waals surface area contributed by atoms with Crippen molar-refractivity contribution >= 4 is 22.7 Å². The van der Waals surface area contributed by atoms with Gasteiger partial charge in [-0.05, 0) is 81.5 Å². The molecule has 3 aromatic carbocycles. The molecule has 0 atom stereocenters. The zero-order valence-electron chi connectivity index (χ0n) is 28.9. The fourth-order valence-electron chi connectivity index (χ4n) is 6.37. The highest BCUT2D eigenvalue weighted by molar-refractivity contribution is 6.00. The second kappa shape index (κ2) is 15.4. The van der Waals surface area contributed by atoms with Crippen molar-refractivity contribution < 1.29 is 19.0 Å². The van der Waals surface area contributed by atoms with E-state index in [9.17, 15) is 4.79 Å². The van der Waals surface area contributed by atoms with E-state index in [2.05, 4.69) is 28.8 Å². The number of alkyl carbamates (subject to hydrolysis) is 1. The lowest BCUT2D eigenvalue weighted by atomic mass is 9.82. The van der Waals surface area contributed by atoms with Crippen LogP contribution >= 0.6 is 0 Å². The van der Waals surface area contributed by atoms with Crippen molar-refractivity contribution in [2.45, 2.75) is 65.3 Å². The van der Waals surface area contributed by atoms with Gasteiger partial charge in [0.1, 0.15) is 24.5 Å². The number of ether oxygens (including phenoxy) is 3. The Bertz CT molecular complexity index is 1830. The van der Waals surface area contributed by atoms with E-state index in [1.54, 1.807) is 0 Å². The van der Waals surface area contributed by atoms with Crippen molar-refractivity contribution in [1.82, 2.24) is 20.1 Å². The van der Waals surface area contributed by atoms with Crippen LogP contribution in [0.15, 0.2) is 91.0 Å². The van der Waals surface area contributed by atoms with Gasteiger partial charge < -0.3 is 24.8 Å². The number of carbonyl (C=O) groups is 1. The van der Waals surface area contributed by atoms with Crippen LogP contribution in [0.1, 0.15) is 57.6 Å². The fourth-order valence-corrected chi connectivity index (χ4v) is 6.37. The van der Waals surface area contributed by atoms with Crippen LogP contribution in [0, 0.1) is 11.8 Å². The van der Waals surface area contributed by atoms with Crippen LogP contribution in [0.2, 0.25) is 0 Å². The summed E-state index contributed by atoms with van der Waals surface area (Å²) in [5.41, 5.74) is 5.34. The molecule has 9 heteroatoms. The molecule has 2 N–H and O–H groups in total. The minimum Gasteiger partial charge on any atom is -0.473 e. The SMILES string of the molecule is Cn1nc(-c2ccc(OCc3ccccc3)nc2OCc2ccccc2)c2cccc(NCC3CCC(CNC(=O)OC(C)(C)C)CC3)c21. The molecule has 1 fully saturated rings. The monoisotopic (exact) mass is 661 g/mol. The zero-order valence-corrected chi connectivity index (χ0v) is 28.9. The number of hydrogen-bond donors (Lipinski definition) is 2. The van der Waals surface area contributed by atoms with Gasteiger partial charge in [0.15, 0.2) is 0 Å². The summed E-state index contributed by atoms with van der Waals surface area (Å²) in [6, 6.07) is 30.3. The molecule has 2 aromatic heterocycles. The molecule has 6 rings (SSSR count). The summed E-state index contributed by atoms with van der Waals surface area (Å²) in [5.74, 6) is 2.01. The molecule has 0 spiro atoms. The van der Waals surface area contributed by atoms with Gasteiger partial charge in [-0.3, -0.25) is 4.68 Å². The lowest BCUT2D eigenvalue weighted by Gasteiger charge is -2.29. The van der Waals surface area contributed by atoms with E-state index in [1.165, 1.54) is 0 Å². The van der Waals surface area contributed by atoms with Crippen molar-refractivity contribution in [1.29, 1.82) is 0 Å². The molecule has 0 radical (unpaired) electrons. The summed E-state index contributed by atoms with van der Waals surface area (Å²) < 4.78 is 19.8. The first-order valence-electron chi connectivity index (χ1n) is 17.2. The van der Waals surface area contributed by atoms with Gasteiger partial charge in [0, 0.05) is 31.6 Å². The van der Waals surface area contributed by atoms with E-state index in [0.717, 1.165) is 71.2 Å². The first kappa shape index (κ1) is 33.8. The largest absolute Gasteiger partial charge is 0.473 e. The van der Waals surface area contributed by atoms with Gasteiger partial charge in [-0.1, -0.05) is 72.8 Å². The number of pyridine rings is 1. The number of amides is 1. The third kappa shape index (κ3) is 9.10. The minimum atomic E-state index is -0.484. The number of hydrogen-bond acceptors (Lipinski definition) is 7. The Kier molecular flexibility index (Phi) is 10.7. The molecule has 256 valence electrons. The van der Waals surface area contributed by atoms with Crippen LogP contribution < -0.4 is 20.1 Å². The molecule has 2 heterocycles. The molecule has 1 aliphatic carbocycles.